The Hall–Kier alpha value is -0.0800. The fourth-order valence-electron chi connectivity index (χ4n) is 2.87. The highest BCUT2D eigenvalue weighted by molar-refractivity contribution is 6.64. The van der Waals surface area contributed by atoms with Crippen LogP contribution >= 0.6 is 11.6 Å². The van der Waals surface area contributed by atoms with E-state index >= 15 is 0 Å². The maximum atomic E-state index is 11.6. The molecule has 3 heteroatoms. The minimum Gasteiger partial charge on any atom is -0.290 e. The summed E-state index contributed by atoms with van der Waals surface area (Å²) in [4.78, 5) is 13.9. The lowest BCUT2D eigenvalue weighted by Gasteiger charge is -2.39. The van der Waals surface area contributed by atoms with Crippen LogP contribution in [-0.2, 0) is 4.79 Å². The lowest BCUT2D eigenvalue weighted by atomic mass is 9.91. The standard InChI is InChI=1S/C13H24ClNO/c1-4-15(11-8-6-5-7-9-11)12(10(2)3)13(14)16/h10-12H,4-9H2,1-3H3. The number of hydrogen-bond donors (Lipinski definition) is 0. The molecule has 1 aliphatic rings. The molecule has 0 saturated heterocycles. The molecule has 0 amide bonds. The largest absolute Gasteiger partial charge is 0.290 e. The summed E-state index contributed by atoms with van der Waals surface area (Å²) in [6.45, 7) is 7.21. The first-order valence-corrected chi connectivity index (χ1v) is 6.90. The molecule has 0 radical (unpaired) electrons. The summed E-state index contributed by atoms with van der Waals surface area (Å²) in [5, 5.41) is -0.192. The minimum absolute atomic E-state index is 0.102. The maximum absolute atomic E-state index is 11.6. The maximum Gasteiger partial charge on any atom is 0.239 e. The van der Waals surface area contributed by atoms with Crippen molar-refractivity contribution >= 4 is 16.8 Å². The molecule has 0 bridgehead atoms. The van der Waals surface area contributed by atoms with Crippen molar-refractivity contribution < 1.29 is 4.79 Å². The number of carbonyl (C=O) groups excluding carboxylic acids is 1. The van der Waals surface area contributed by atoms with Gasteiger partial charge in [0.25, 0.3) is 0 Å². The molecule has 0 N–H and O–H groups in total. The van der Waals surface area contributed by atoms with Crippen molar-refractivity contribution in [2.75, 3.05) is 6.54 Å². The van der Waals surface area contributed by atoms with Crippen molar-refractivity contribution in [2.24, 2.45) is 5.92 Å². The third kappa shape index (κ3) is 3.46. The molecule has 1 unspecified atom stereocenters. The van der Waals surface area contributed by atoms with Gasteiger partial charge in [-0.2, -0.15) is 0 Å². The molecular formula is C13H24ClNO. The van der Waals surface area contributed by atoms with Crippen LogP contribution in [0.15, 0.2) is 0 Å². The number of hydrogen-bond acceptors (Lipinski definition) is 2. The first-order valence-electron chi connectivity index (χ1n) is 6.53. The van der Waals surface area contributed by atoms with Gasteiger partial charge >= 0.3 is 0 Å². The Labute approximate surface area is 104 Å². The van der Waals surface area contributed by atoms with Crippen LogP contribution in [0.1, 0.15) is 52.9 Å². The van der Waals surface area contributed by atoms with Crippen LogP contribution in [0.4, 0.5) is 0 Å². The van der Waals surface area contributed by atoms with Crippen molar-refractivity contribution in [3.63, 3.8) is 0 Å². The first-order chi connectivity index (χ1) is 7.57. The Balaban J connectivity index is 2.72. The zero-order valence-electron chi connectivity index (χ0n) is 10.7. The highest BCUT2D eigenvalue weighted by atomic mass is 35.5. The zero-order chi connectivity index (χ0) is 12.1. The van der Waals surface area contributed by atoms with Crippen molar-refractivity contribution in [1.29, 1.82) is 0 Å². The molecule has 16 heavy (non-hydrogen) atoms. The SMILES string of the molecule is CCN(C1CCCCC1)C(C(=O)Cl)C(C)C. The number of likely N-dealkylation sites (N-methyl/N-ethyl adjacent to an activating group) is 1. The van der Waals surface area contributed by atoms with Gasteiger partial charge in [0.1, 0.15) is 0 Å². The molecular weight excluding hydrogens is 222 g/mol. The third-order valence-electron chi connectivity index (χ3n) is 3.63. The normalized spacial score (nSPS) is 20.4. The number of nitrogens with zero attached hydrogens (tertiary/aromatic N) is 1. The summed E-state index contributed by atoms with van der Waals surface area (Å²) in [5.74, 6) is 0.298. The van der Waals surface area contributed by atoms with Gasteiger partial charge in [0.2, 0.25) is 5.24 Å². The quantitative estimate of drug-likeness (QED) is 0.692. The summed E-state index contributed by atoms with van der Waals surface area (Å²) < 4.78 is 0. The van der Waals surface area contributed by atoms with Crippen molar-refractivity contribution in [1.82, 2.24) is 4.90 Å². The highest BCUT2D eigenvalue weighted by Gasteiger charge is 2.32. The zero-order valence-corrected chi connectivity index (χ0v) is 11.5. The topological polar surface area (TPSA) is 20.3 Å². The second-order valence-electron chi connectivity index (χ2n) is 5.12. The Morgan fingerprint density at radius 1 is 1.31 bits per heavy atom. The smallest absolute Gasteiger partial charge is 0.239 e. The molecule has 0 aliphatic heterocycles. The summed E-state index contributed by atoms with van der Waals surface area (Å²) >= 11 is 5.75. The lowest BCUT2D eigenvalue weighted by Crippen LogP contribution is -2.49. The van der Waals surface area contributed by atoms with Gasteiger partial charge in [-0.1, -0.05) is 40.0 Å². The average molecular weight is 246 g/mol. The Morgan fingerprint density at radius 3 is 2.25 bits per heavy atom. The van der Waals surface area contributed by atoms with Gasteiger partial charge < -0.3 is 0 Å². The molecule has 0 spiro atoms. The molecule has 2 nitrogen and oxygen atoms in total. The molecule has 94 valence electrons. The van der Waals surface area contributed by atoms with E-state index < -0.39 is 0 Å². The molecule has 0 aromatic rings. The van der Waals surface area contributed by atoms with Gasteiger partial charge in [0, 0.05) is 6.04 Å². The van der Waals surface area contributed by atoms with E-state index in [0.29, 0.717) is 12.0 Å². The number of rotatable bonds is 5. The van der Waals surface area contributed by atoms with Crippen LogP contribution in [0, 0.1) is 5.92 Å². The van der Waals surface area contributed by atoms with Crippen LogP contribution in [-0.4, -0.2) is 28.8 Å². The molecule has 0 aromatic heterocycles. The van der Waals surface area contributed by atoms with Gasteiger partial charge in [-0.05, 0) is 36.9 Å². The summed E-state index contributed by atoms with van der Waals surface area (Å²) in [7, 11) is 0. The van der Waals surface area contributed by atoms with Crippen LogP contribution < -0.4 is 0 Å². The van der Waals surface area contributed by atoms with Crippen LogP contribution in [0.3, 0.4) is 0 Å². The summed E-state index contributed by atoms with van der Waals surface area (Å²) in [6, 6.07) is 0.462. The lowest BCUT2D eigenvalue weighted by molar-refractivity contribution is -0.119. The monoisotopic (exact) mass is 245 g/mol. The first kappa shape index (κ1) is 14.0. The summed E-state index contributed by atoms with van der Waals surface area (Å²) in [5.41, 5.74) is 0. The van der Waals surface area contributed by atoms with E-state index in [0.717, 1.165) is 6.54 Å². The Morgan fingerprint density at radius 2 is 1.88 bits per heavy atom. The van der Waals surface area contributed by atoms with E-state index in [9.17, 15) is 4.79 Å². The van der Waals surface area contributed by atoms with Crippen molar-refractivity contribution in [3.05, 3.63) is 0 Å². The molecule has 0 aromatic carbocycles. The van der Waals surface area contributed by atoms with E-state index in [1.807, 2.05) is 0 Å². The van der Waals surface area contributed by atoms with Gasteiger partial charge in [-0.25, -0.2) is 0 Å². The molecule has 1 atom stereocenters. The van der Waals surface area contributed by atoms with Crippen molar-refractivity contribution in [2.45, 2.75) is 65.0 Å². The van der Waals surface area contributed by atoms with E-state index in [4.69, 9.17) is 11.6 Å². The second kappa shape index (κ2) is 6.61. The Bertz CT molecular complexity index is 224. The van der Waals surface area contributed by atoms with Crippen LogP contribution in [0.2, 0.25) is 0 Å². The van der Waals surface area contributed by atoms with Gasteiger partial charge in [-0.3, -0.25) is 9.69 Å². The number of halogens is 1. The Kier molecular flexibility index (Phi) is 5.77. The molecule has 1 rings (SSSR count). The average Bonchev–Trinajstić information content (AvgIpc) is 2.25. The van der Waals surface area contributed by atoms with E-state index in [2.05, 4.69) is 25.7 Å². The van der Waals surface area contributed by atoms with Gasteiger partial charge in [0.15, 0.2) is 0 Å². The van der Waals surface area contributed by atoms with Crippen LogP contribution in [0.25, 0.3) is 0 Å². The van der Waals surface area contributed by atoms with E-state index in [1.165, 1.54) is 32.1 Å². The summed E-state index contributed by atoms with van der Waals surface area (Å²) in [6.07, 6.45) is 6.38. The predicted octanol–water partition coefficient (Wildman–Crippen LogP) is 3.43. The molecule has 0 heterocycles. The molecule has 1 saturated carbocycles. The van der Waals surface area contributed by atoms with E-state index in [1.54, 1.807) is 0 Å². The van der Waals surface area contributed by atoms with Crippen molar-refractivity contribution in [3.8, 4) is 0 Å². The second-order valence-corrected chi connectivity index (χ2v) is 5.49. The minimum atomic E-state index is -0.192. The third-order valence-corrected chi connectivity index (χ3v) is 3.85. The van der Waals surface area contributed by atoms with Crippen LogP contribution in [0.5, 0.6) is 0 Å². The number of carbonyl (C=O) groups is 1. The highest BCUT2D eigenvalue weighted by Crippen LogP contribution is 2.26. The van der Waals surface area contributed by atoms with E-state index in [-0.39, 0.29) is 11.3 Å². The predicted molar refractivity (Wildman–Crippen MR) is 68.7 cm³/mol. The fraction of sp³-hybridized carbons (Fsp3) is 0.923. The molecule has 1 fully saturated rings. The fourth-order valence-corrected chi connectivity index (χ4v) is 3.25. The van der Waals surface area contributed by atoms with Gasteiger partial charge in [0.05, 0.1) is 6.04 Å². The molecule has 1 aliphatic carbocycles. The van der Waals surface area contributed by atoms with Gasteiger partial charge in [-0.15, -0.1) is 0 Å².